The molecule has 8 heteroatoms. The van der Waals surface area contributed by atoms with E-state index in [0.717, 1.165) is 11.3 Å². The zero-order chi connectivity index (χ0) is 22.4. The largest absolute Gasteiger partial charge is 0.494 e. The van der Waals surface area contributed by atoms with Gasteiger partial charge in [0.25, 0.3) is 5.91 Å². The Labute approximate surface area is 180 Å². The van der Waals surface area contributed by atoms with Crippen molar-refractivity contribution in [1.82, 2.24) is 4.90 Å². The number of nitrogens with one attached hydrogen (secondary N) is 1. The van der Waals surface area contributed by atoms with Crippen LogP contribution < -0.4 is 15.0 Å². The molecule has 0 bridgehead atoms. The Morgan fingerprint density at radius 3 is 2.45 bits per heavy atom. The standard InChI is InChI=1S/C23H24FN3O4/c1-3-13-26-20(22(29)27(23(26)30)18-9-5-16(24)6-10-18)15-21(28)25-17-7-11-19(12-8-17)31-14-4-2/h3,5-12,20H,1,4,13-15H2,2H3,(H,25,28)/t20-/m0/s1. The molecule has 0 saturated carbocycles. The van der Waals surface area contributed by atoms with Gasteiger partial charge in [0, 0.05) is 12.2 Å². The third kappa shape index (κ3) is 5.09. The number of ether oxygens (including phenoxy) is 1. The summed E-state index contributed by atoms with van der Waals surface area (Å²) in [5.74, 6) is -0.739. The van der Waals surface area contributed by atoms with Crippen molar-refractivity contribution in [2.75, 3.05) is 23.4 Å². The Kier molecular flexibility index (Phi) is 7.02. The van der Waals surface area contributed by atoms with Crippen molar-refractivity contribution in [3.8, 4) is 5.75 Å². The van der Waals surface area contributed by atoms with Crippen LogP contribution in [0.15, 0.2) is 61.2 Å². The maximum Gasteiger partial charge on any atom is 0.332 e. The number of anilines is 2. The Morgan fingerprint density at radius 2 is 1.84 bits per heavy atom. The first-order valence-corrected chi connectivity index (χ1v) is 9.98. The molecule has 2 aromatic rings. The normalized spacial score (nSPS) is 15.9. The van der Waals surface area contributed by atoms with Crippen molar-refractivity contribution in [2.24, 2.45) is 0 Å². The van der Waals surface area contributed by atoms with Crippen LogP contribution in [0.2, 0.25) is 0 Å². The highest BCUT2D eigenvalue weighted by Crippen LogP contribution is 2.27. The van der Waals surface area contributed by atoms with Gasteiger partial charge in [-0.25, -0.2) is 14.1 Å². The lowest BCUT2D eigenvalue weighted by Gasteiger charge is -2.19. The summed E-state index contributed by atoms with van der Waals surface area (Å²) in [6.45, 7) is 6.33. The van der Waals surface area contributed by atoms with Gasteiger partial charge in [0.2, 0.25) is 5.91 Å². The van der Waals surface area contributed by atoms with Crippen LogP contribution >= 0.6 is 0 Å². The number of urea groups is 1. The smallest absolute Gasteiger partial charge is 0.332 e. The van der Waals surface area contributed by atoms with E-state index in [0.29, 0.717) is 18.0 Å². The first-order chi connectivity index (χ1) is 14.9. The number of amides is 4. The third-order valence-electron chi connectivity index (χ3n) is 4.72. The van der Waals surface area contributed by atoms with Crippen LogP contribution in [0, 0.1) is 5.82 Å². The van der Waals surface area contributed by atoms with Crippen LogP contribution in [-0.4, -0.2) is 41.9 Å². The van der Waals surface area contributed by atoms with Crippen LogP contribution in [0.1, 0.15) is 19.8 Å². The molecule has 4 amide bonds. The Morgan fingerprint density at radius 1 is 1.16 bits per heavy atom. The molecule has 0 aromatic heterocycles. The number of hydrogen-bond donors (Lipinski definition) is 1. The fraction of sp³-hybridized carbons (Fsp3) is 0.261. The second-order valence-electron chi connectivity index (χ2n) is 7.01. The summed E-state index contributed by atoms with van der Waals surface area (Å²) in [6, 6.07) is 10.4. The van der Waals surface area contributed by atoms with Gasteiger partial charge in [-0.15, -0.1) is 6.58 Å². The molecule has 1 heterocycles. The van der Waals surface area contributed by atoms with Crippen LogP contribution in [0.3, 0.4) is 0 Å². The summed E-state index contributed by atoms with van der Waals surface area (Å²) >= 11 is 0. The van der Waals surface area contributed by atoms with Crippen LogP contribution in [0.25, 0.3) is 0 Å². The molecule has 0 aliphatic carbocycles. The highest BCUT2D eigenvalue weighted by molar-refractivity contribution is 6.22. The monoisotopic (exact) mass is 425 g/mol. The van der Waals surface area contributed by atoms with Crippen molar-refractivity contribution in [2.45, 2.75) is 25.8 Å². The minimum atomic E-state index is -0.984. The molecule has 1 saturated heterocycles. The Balaban J connectivity index is 1.71. The van der Waals surface area contributed by atoms with E-state index < -0.39 is 29.7 Å². The minimum Gasteiger partial charge on any atom is -0.494 e. The predicted molar refractivity (Wildman–Crippen MR) is 115 cm³/mol. The van der Waals surface area contributed by atoms with E-state index in [1.54, 1.807) is 24.3 Å². The molecule has 7 nitrogen and oxygen atoms in total. The second kappa shape index (κ2) is 9.88. The average Bonchev–Trinajstić information content (AvgIpc) is 2.98. The van der Waals surface area contributed by atoms with Gasteiger partial charge in [0.1, 0.15) is 17.6 Å². The summed E-state index contributed by atoms with van der Waals surface area (Å²) < 4.78 is 18.7. The number of benzene rings is 2. The fourth-order valence-corrected chi connectivity index (χ4v) is 3.25. The molecule has 2 aromatic carbocycles. The summed E-state index contributed by atoms with van der Waals surface area (Å²) in [7, 11) is 0. The maximum absolute atomic E-state index is 13.2. The molecule has 31 heavy (non-hydrogen) atoms. The Bertz CT molecular complexity index is 960. The van der Waals surface area contributed by atoms with Gasteiger partial charge in [-0.3, -0.25) is 9.59 Å². The fourth-order valence-electron chi connectivity index (χ4n) is 3.25. The van der Waals surface area contributed by atoms with E-state index in [9.17, 15) is 18.8 Å². The number of rotatable bonds is 9. The van der Waals surface area contributed by atoms with E-state index in [1.165, 1.54) is 35.2 Å². The van der Waals surface area contributed by atoms with Crippen molar-refractivity contribution in [1.29, 1.82) is 0 Å². The minimum absolute atomic E-state index is 0.101. The maximum atomic E-state index is 13.2. The van der Waals surface area contributed by atoms with E-state index >= 15 is 0 Å². The van der Waals surface area contributed by atoms with Crippen molar-refractivity contribution >= 4 is 29.2 Å². The molecule has 0 unspecified atom stereocenters. The van der Waals surface area contributed by atoms with Gasteiger partial charge in [0.15, 0.2) is 0 Å². The lowest BCUT2D eigenvalue weighted by molar-refractivity contribution is -0.124. The predicted octanol–water partition coefficient (Wildman–Crippen LogP) is 3.97. The van der Waals surface area contributed by atoms with E-state index in [-0.39, 0.29) is 18.7 Å². The highest BCUT2D eigenvalue weighted by Gasteiger charge is 2.46. The van der Waals surface area contributed by atoms with Crippen LogP contribution in [0.5, 0.6) is 5.75 Å². The quantitative estimate of drug-likeness (QED) is 0.487. The van der Waals surface area contributed by atoms with E-state index in [4.69, 9.17) is 4.74 Å². The van der Waals surface area contributed by atoms with Gasteiger partial charge >= 0.3 is 6.03 Å². The molecule has 3 rings (SSSR count). The summed E-state index contributed by atoms with van der Waals surface area (Å²) in [5.41, 5.74) is 0.798. The van der Waals surface area contributed by atoms with Gasteiger partial charge in [-0.05, 0) is 55.0 Å². The number of halogens is 1. The molecule has 1 aliphatic heterocycles. The topological polar surface area (TPSA) is 79.0 Å². The summed E-state index contributed by atoms with van der Waals surface area (Å²) in [4.78, 5) is 40.6. The molecule has 1 aliphatic rings. The zero-order valence-corrected chi connectivity index (χ0v) is 17.2. The molecule has 1 atom stereocenters. The lowest BCUT2D eigenvalue weighted by atomic mass is 10.1. The molecule has 0 spiro atoms. The van der Waals surface area contributed by atoms with Gasteiger partial charge < -0.3 is 15.0 Å². The van der Waals surface area contributed by atoms with Gasteiger partial charge in [0.05, 0.1) is 18.7 Å². The third-order valence-corrected chi connectivity index (χ3v) is 4.72. The van der Waals surface area contributed by atoms with Crippen molar-refractivity contribution in [3.63, 3.8) is 0 Å². The first kappa shape index (κ1) is 22.0. The SMILES string of the molecule is C=CCN1C(=O)N(c2ccc(F)cc2)C(=O)[C@@H]1CC(=O)Nc1ccc(OCCC)cc1. The van der Waals surface area contributed by atoms with Crippen LogP contribution in [-0.2, 0) is 9.59 Å². The van der Waals surface area contributed by atoms with Crippen molar-refractivity contribution < 1.29 is 23.5 Å². The van der Waals surface area contributed by atoms with Crippen LogP contribution in [0.4, 0.5) is 20.6 Å². The molecular weight excluding hydrogens is 401 g/mol. The molecule has 1 fully saturated rings. The number of nitrogens with zero attached hydrogens (tertiary/aromatic N) is 2. The number of imide groups is 1. The van der Waals surface area contributed by atoms with Gasteiger partial charge in [-0.1, -0.05) is 13.0 Å². The van der Waals surface area contributed by atoms with E-state index in [2.05, 4.69) is 11.9 Å². The molecule has 162 valence electrons. The molecular formula is C23H24FN3O4. The summed E-state index contributed by atoms with van der Waals surface area (Å²) in [6.07, 6.45) is 2.16. The van der Waals surface area contributed by atoms with Crippen molar-refractivity contribution in [3.05, 3.63) is 67.0 Å². The Hall–Kier alpha value is -3.68. The zero-order valence-electron chi connectivity index (χ0n) is 17.2. The molecule has 1 N–H and O–H groups in total. The summed E-state index contributed by atoms with van der Waals surface area (Å²) in [5, 5.41) is 2.73. The second-order valence-corrected chi connectivity index (χ2v) is 7.01. The highest BCUT2D eigenvalue weighted by atomic mass is 19.1. The number of hydrogen-bond acceptors (Lipinski definition) is 4. The average molecular weight is 425 g/mol. The lowest BCUT2D eigenvalue weighted by Crippen LogP contribution is -2.38. The molecule has 0 radical (unpaired) electrons. The number of carbonyl (C=O) groups is 3. The van der Waals surface area contributed by atoms with Gasteiger partial charge in [-0.2, -0.15) is 0 Å². The van der Waals surface area contributed by atoms with E-state index in [1.807, 2.05) is 6.92 Å². The first-order valence-electron chi connectivity index (χ1n) is 9.98. The number of carbonyl (C=O) groups excluding carboxylic acids is 3.